The highest BCUT2D eigenvalue weighted by atomic mass is 16.6. The van der Waals surface area contributed by atoms with E-state index in [0.717, 1.165) is 12.0 Å². The van der Waals surface area contributed by atoms with Crippen molar-refractivity contribution in [1.82, 2.24) is 0 Å². The van der Waals surface area contributed by atoms with Crippen LogP contribution in [0.4, 0.5) is 11.4 Å². The Balaban J connectivity index is 1.87. The summed E-state index contributed by atoms with van der Waals surface area (Å²) in [4.78, 5) is 36.6. The number of benzene rings is 2. The molecular formula is C21H20N2O6. The highest BCUT2D eigenvalue weighted by Gasteiger charge is 2.20. The third kappa shape index (κ3) is 4.26. The summed E-state index contributed by atoms with van der Waals surface area (Å²) in [5.74, 6) is -0.718. The summed E-state index contributed by atoms with van der Waals surface area (Å²) in [6, 6.07) is 10.9. The lowest BCUT2D eigenvalue weighted by Crippen LogP contribution is -2.13. The van der Waals surface area contributed by atoms with Crippen LogP contribution in [0.5, 0.6) is 0 Å². The predicted molar refractivity (Wildman–Crippen MR) is 108 cm³/mol. The zero-order valence-corrected chi connectivity index (χ0v) is 16.3. The van der Waals surface area contributed by atoms with E-state index in [4.69, 9.17) is 9.15 Å². The van der Waals surface area contributed by atoms with Gasteiger partial charge in [-0.2, -0.15) is 0 Å². The molecule has 0 saturated carbocycles. The molecule has 2 aromatic carbocycles. The lowest BCUT2D eigenvalue weighted by atomic mass is 10.1. The number of aryl methyl sites for hydroxylation is 1. The summed E-state index contributed by atoms with van der Waals surface area (Å²) >= 11 is 0. The number of hydrogen-bond donors (Lipinski definition) is 0. The summed E-state index contributed by atoms with van der Waals surface area (Å²) in [6.45, 7) is 1.83. The number of nitro benzene ring substituents is 1. The number of fused-ring (bicyclic) bond motifs is 1. The number of nitro groups is 1. The van der Waals surface area contributed by atoms with Gasteiger partial charge >= 0.3 is 11.6 Å². The van der Waals surface area contributed by atoms with Crippen LogP contribution in [0.3, 0.4) is 0 Å². The molecular weight excluding hydrogens is 376 g/mol. The second kappa shape index (κ2) is 8.14. The van der Waals surface area contributed by atoms with E-state index < -0.39 is 16.5 Å². The molecule has 0 saturated heterocycles. The minimum atomic E-state index is -0.718. The van der Waals surface area contributed by atoms with Gasteiger partial charge in [0.05, 0.1) is 10.5 Å². The molecule has 3 rings (SSSR count). The van der Waals surface area contributed by atoms with E-state index in [1.54, 1.807) is 25.1 Å². The first kappa shape index (κ1) is 20.1. The Morgan fingerprint density at radius 3 is 2.59 bits per heavy atom. The Bertz CT molecular complexity index is 1150. The van der Waals surface area contributed by atoms with Crippen LogP contribution in [0.15, 0.2) is 51.7 Å². The lowest BCUT2D eigenvalue weighted by Gasteiger charge is -2.13. The topological polar surface area (TPSA) is 103 Å². The van der Waals surface area contributed by atoms with Gasteiger partial charge in [0.1, 0.15) is 17.9 Å². The van der Waals surface area contributed by atoms with Crippen molar-refractivity contribution in [3.63, 3.8) is 0 Å². The normalized spacial score (nSPS) is 10.7. The van der Waals surface area contributed by atoms with E-state index in [1.165, 1.54) is 24.3 Å². The molecule has 0 aliphatic rings. The average Bonchev–Trinajstić information content (AvgIpc) is 2.70. The summed E-state index contributed by atoms with van der Waals surface area (Å²) in [7, 11) is 3.35. The molecule has 1 heterocycles. The molecule has 0 radical (unpaired) electrons. The number of anilines is 1. The van der Waals surface area contributed by atoms with Crippen molar-refractivity contribution in [2.24, 2.45) is 0 Å². The van der Waals surface area contributed by atoms with Crippen LogP contribution in [0.25, 0.3) is 11.0 Å². The molecule has 150 valence electrons. The Kier molecular flexibility index (Phi) is 5.63. The van der Waals surface area contributed by atoms with Crippen LogP contribution in [0, 0.1) is 10.1 Å². The lowest BCUT2D eigenvalue weighted by molar-refractivity contribution is -0.384. The fourth-order valence-corrected chi connectivity index (χ4v) is 3.02. The maximum absolute atomic E-state index is 12.4. The Hall–Kier alpha value is -3.68. The largest absolute Gasteiger partial charge is 0.457 e. The van der Waals surface area contributed by atoms with Crippen molar-refractivity contribution in [2.75, 3.05) is 19.0 Å². The molecule has 0 atom stereocenters. The maximum atomic E-state index is 12.4. The highest BCUT2D eigenvalue weighted by molar-refractivity contribution is 5.91. The Labute approximate surface area is 166 Å². The van der Waals surface area contributed by atoms with Crippen molar-refractivity contribution >= 4 is 28.3 Å². The van der Waals surface area contributed by atoms with E-state index in [9.17, 15) is 19.7 Å². The summed E-state index contributed by atoms with van der Waals surface area (Å²) < 4.78 is 10.6. The number of rotatable bonds is 6. The van der Waals surface area contributed by atoms with Crippen molar-refractivity contribution in [1.29, 1.82) is 0 Å². The summed E-state index contributed by atoms with van der Waals surface area (Å²) in [5, 5.41) is 12.0. The molecule has 1 aromatic heterocycles. The quantitative estimate of drug-likeness (QED) is 0.271. The molecule has 0 fully saturated rings. The van der Waals surface area contributed by atoms with Crippen LogP contribution in [-0.4, -0.2) is 25.0 Å². The Morgan fingerprint density at radius 2 is 1.93 bits per heavy atom. The van der Waals surface area contributed by atoms with Gasteiger partial charge in [-0.15, -0.1) is 0 Å². The number of carbonyl (C=O) groups excluding carboxylic acids is 1. The van der Waals surface area contributed by atoms with Gasteiger partial charge in [0.25, 0.3) is 5.69 Å². The third-order valence-corrected chi connectivity index (χ3v) is 4.55. The van der Waals surface area contributed by atoms with Gasteiger partial charge in [-0.3, -0.25) is 10.1 Å². The minimum absolute atomic E-state index is 0.0582. The molecule has 0 unspecified atom stereocenters. The number of esters is 1. The van der Waals surface area contributed by atoms with Crippen LogP contribution >= 0.6 is 0 Å². The molecule has 0 aliphatic carbocycles. The van der Waals surface area contributed by atoms with Crippen molar-refractivity contribution < 1.29 is 18.9 Å². The number of nitrogens with zero attached hydrogens (tertiary/aromatic N) is 2. The van der Waals surface area contributed by atoms with Crippen LogP contribution in [0.1, 0.15) is 28.4 Å². The molecule has 3 aromatic rings. The molecule has 0 aliphatic heterocycles. The van der Waals surface area contributed by atoms with E-state index in [-0.39, 0.29) is 17.9 Å². The first-order valence-corrected chi connectivity index (χ1v) is 8.98. The predicted octanol–water partition coefficient (Wildman–Crippen LogP) is 3.69. The van der Waals surface area contributed by atoms with E-state index in [1.807, 2.05) is 19.1 Å². The molecule has 0 amide bonds. The zero-order valence-electron chi connectivity index (χ0n) is 16.3. The van der Waals surface area contributed by atoms with Crippen LogP contribution < -0.4 is 10.5 Å². The molecule has 0 N–H and O–H groups in total. The standard InChI is InChI=1S/C21H20N2O6/c1-4-13-5-7-16-15(11-20(24)29-19(16)9-13)12-28-21(25)14-6-8-17(22(2)3)18(10-14)23(26)27/h5-11H,4,12H2,1-3H3. The molecule has 8 heteroatoms. The highest BCUT2D eigenvalue weighted by Crippen LogP contribution is 2.28. The second-order valence-corrected chi connectivity index (χ2v) is 6.71. The SMILES string of the molecule is CCc1ccc2c(COC(=O)c3ccc(N(C)C)c([N+](=O)[O-])c3)cc(=O)oc2c1. The van der Waals surface area contributed by atoms with E-state index >= 15 is 0 Å². The van der Waals surface area contributed by atoms with Gasteiger partial charge in [0.2, 0.25) is 0 Å². The molecule has 29 heavy (non-hydrogen) atoms. The third-order valence-electron chi connectivity index (χ3n) is 4.55. The van der Waals surface area contributed by atoms with E-state index in [0.29, 0.717) is 22.2 Å². The second-order valence-electron chi connectivity index (χ2n) is 6.71. The van der Waals surface area contributed by atoms with Gasteiger partial charge in [-0.1, -0.05) is 19.1 Å². The Morgan fingerprint density at radius 1 is 1.17 bits per heavy atom. The van der Waals surface area contributed by atoms with Gasteiger partial charge < -0.3 is 14.1 Å². The van der Waals surface area contributed by atoms with Crippen LogP contribution in [-0.2, 0) is 17.8 Å². The molecule has 8 nitrogen and oxygen atoms in total. The fourth-order valence-electron chi connectivity index (χ4n) is 3.02. The fraction of sp³-hybridized carbons (Fsp3) is 0.238. The maximum Gasteiger partial charge on any atom is 0.338 e. The van der Waals surface area contributed by atoms with Crippen LogP contribution in [0.2, 0.25) is 0 Å². The monoisotopic (exact) mass is 396 g/mol. The van der Waals surface area contributed by atoms with Gasteiger partial charge in [-0.25, -0.2) is 9.59 Å². The number of hydrogen-bond acceptors (Lipinski definition) is 7. The van der Waals surface area contributed by atoms with Crippen molar-refractivity contribution in [2.45, 2.75) is 20.0 Å². The summed E-state index contributed by atoms with van der Waals surface area (Å²) in [5.41, 5.74) is 1.65. The van der Waals surface area contributed by atoms with Gasteiger partial charge in [-0.05, 0) is 30.2 Å². The zero-order chi connectivity index (χ0) is 21.1. The van der Waals surface area contributed by atoms with Crippen molar-refractivity contribution in [3.05, 3.63) is 79.7 Å². The van der Waals surface area contributed by atoms with Gasteiger partial charge in [0, 0.05) is 37.2 Å². The van der Waals surface area contributed by atoms with Gasteiger partial charge in [0.15, 0.2) is 0 Å². The smallest absolute Gasteiger partial charge is 0.338 e. The van der Waals surface area contributed by atoms with E-state index in [2.05, 4.69) is 0 Å². The molecule has 0 bridgehead atoms. The average molecular weight is 396 g/mol. The first-order chi connectivity index (χ1) is 13.8. The number of ether oxygens (including phenoxy) is 1. The summed E-state index contributed by atoms with van der Waals surface area (Å²) in [6.07, 6.45) is 0.792. The number of carbonyl (C=O) groups is 1. The molecule has 0 spiro atoms. The minimum Gasteiger partial charge on any atom is -0.457 e. The first-order valence-electron chi connectivity index (χ1n) is 8.98. The van der Waals surface area contributed by atoms with Crippen molar-refractivity contribution in [3.8, 4) is 0 Å².